The van der Waals surface area contributed by atoms with Gasteiger partial charge in [-0.25, -0.2) is 4.79 Å². The van der Waals surface area contributed by atoms with Crippen LogP contribution in [0.1, 0.15) is 58.3 Å². The molecular formula is C15H28N2O3. The van der Waals surface area contributed by atoms with E-state index in [0.29, 0.717) is 18.9 Å². The van der Waals surface area contributed by atoms with Gasteiger partial charge in [0.15, 0.2) is 0 Å². The van der Waals surface area contributed by atoms with Crippen LogP contribution in [0.5, 0.6) is 0 Å². The van der Waals surface area contributed by atoms with Crippen molar-refractivity contribution in [1.29, 1.82) is 0 Å². The van der Waals surface area contributed by atoms with Gasteiger partial charge in [-0.2, -0.15) is 0 Å². The molecule has 20 heavy (non-hydrogen) atoms. The second-order valence-electron chi connectivity index (χ2n) is 5.97. The van der Waals surface area contributed by atoms with Crippen molar-refractivity contribution in [2.24, 2.45) is 11.8 Å². The Labute approximate surface area is 121 Å². The summed E-state index contributed by atoms with van der Waals surface area (Å²) in [6, 6.07) is -0.0955. The van der Waals surface area contributed by atoms with Gasteiger partial charge in [0.2, 0.25) is 0 Å². The van der Waals surface area contributed by atoms with Crippen molar-refractivity contribution >= 4 is 12.0 Å². The SMILES string of the molecule is CC1CCC(CNC(=O)NCCCCCC(=O)O)CC1. The highest BCUT2D eigenvalue weighted by Crippen LogP contribution is 2.27. The summed E-state index contributed by atoms with van der Waals surface area (Å²) in [5.41, 5.74) is 0. The van der Waals surface area contributed by atoms with E-state index in [9.17, 15) is 9.59 Å². The molecule has 5 heteroatoms. The van der Waals surface area contributed by atoms with Crippen LogP contribution in [0, 0.1) is 11.8 Å². The molecule has 1 rings (SSSR count). The van der Waals surface area contributed by atoms with Crippen molar-refractivity contribution in [3.05, 3.63) is 0 Å². The topological polar surface area (TPSA) is 78.4 Å². The van der Waals surface area contributed by atoms with E-state index in [2.05, 4.69) is 17.6 Å². The average molecular weight is 284 g/mol. The van der Waals surface area contributed by atoms with E-state index in [-0.39, 0.29) is 12.5 Å². The molecule has 1 aliphatic carbocycles. The van der Waals surface area contributed by atoms with Gasteiger partial charge in [-0.1, -0.05) is 26.2 Å². The van der Waals surface area contributed by atoms with Crippen LogP contribution in [0.4, 0.5) is 4.79 Å². The molecule has 0 saturated heterocycles. The first-order chi connectivity index (χ1) is 9.58. The van der Waals surface area contributed by atoms with Gasteiger partial charge in [0.25, 0.3) is 0 Å². The Kier molecular flexibility index (Phi) is 8.07. The molecule has 3 N–H and O–H groups in total. The molecule has 0 radical (unpaired) electrons. The normalized spacial score (nSPS) is 22.2. The van der Waals surface area contributed by atoms with Gasteiger partial charge in [-0.05, 0) is 37.5 Å². The fraction of sp³-hybridized carbons (Fsp3) is 0.867. The van der Waals surface area contributed by atoms with Crippen LogP contribution in [-0.2, 0) is 4.79 Å². The second kappa shape index (κ2) is 9.61. The first kappa shape index (κ1) is 16.8. The molecule has 0 unspecified atom stereocenters. The van der Waals surface area contributed by atoms with Gasteiger partial charge in [0.05, 0.1) is 0 Å². The minimum absolute atomic E-state index is 0.0955. The Morgan fingerprint density at radius 1 is 1.05 bits per heavy atom. The number of unbranched alkanes of at least 4 members (excludes halogenated alkanes) is 2. The number of carbonyl (C=O) groups excluding carboxylic acids is 1. The standard InChI is InChI=1S/C15H28N2O3/c1-12-6-8-13(9-7-12)11-17-15(20)16-10-4-2-3-5-14(18)19/h12-13H,2-11H2,1H3,(H,18,19)(H2,16,17,20). The lowest BCUT2D eigenvalue weighted by Crippen LogP contribution is -2.39. The predicted molar refractivity (Wildman–Crippen MR) is 78.6 cm³/mol. The van der Waals surface area contributed by atoms with Gasteiger partial charge >= 0.3 is 12.0 Å². The van der Waals surface area contributed by atoms with Crippen molar-refractivity contribution < 1.29 is 14.7 Å². The van der Waals surface area contributed by atoms with E-state index >= 15 is 0 Å². The maximum atomic E-state index is 11.6. The number of hydrogen-bond acceptors (Lipinski definition) is 2. The van der Waals surface area contributed by atoms with Gasteiger partial charge < -0.3 is 15.7 Å². The second-order valence-corrected chi connectivity index (χ2v) is 5.97. The summed E-state index contributed by atoms with van der Waals surface area (Å²) >= 11 is 0. The van der Waals surface area contributed by atoms with Crippen LogP contribution in [0.25, 0.3) is 0 Å². The Morgan fingerprint density at radius 3 is 2.40 bits per heavy atom. The molecule has 0 atom stereocenters. The van der Waals surface area contributed by atoms with Crippen LogP contribution in [0.15, 0.2) is 0 Å². The zero-order chi connectivity index (χ0) is 14.8. The van der Waals surface area contributed by atoms with Crippen molar-refractivity contribution in [3.8, 4) is 0 Å². The fourth-order valence-corrected chi connectivity index (χ4v) is 2.61. The van der Waals surface area contributed by atoms with Gasteiger partial charge in [-0.15, -0.1) is 0 Å². The first-order valence-electron chi connectivity index (χ1n) is 7.81. The summed E-state index contributed by atoms with van der Waals surface area (Å²) in [7, 11) is 0. The molecule has 1 aliphatic rings. The number of hydrogen-bond donors (Lipinski definition) is 3. The zero-order valence-electron chi connectivity index (χ0n) is 12.5. The molecule has 116 valence electrons. The first-order valence-corrected chi connectivity index (χ1v) is 7.81. The Hall–Kier alpha value is -1.26. The molecule has 0 aromatic carbocycles. The zero-order valence-corrected chi connectivity index (χ0v) is 12.5. The maximum Gasteiger partial charge on any atom is 0.314 e. The lowest BCUT2D eigenvalue weighted by atomic mass is 9.83. The van der Waals surface area contributed by atoms with Gasteiger partial charge in [-0.3, -0.25) is 4.79 Å². The molecule has 0 aliphatic heterocycles. The van der Waals surface area contributed by atoms with E-state index in [1.54, 1.807) is 0 Å². The smallest absolute Gasteiger partial charge is 0.314 e. The Bertz CT molecular complexity index is 299. The predicted octanol–water partition coefficient (Wildman–Crippen LogP) is 2.76. The summed E-state index contributed by atoms with van der Waals surface area (Å²) < 4.78 is 0. The van der Waals surface area contributed by atoms with Crippen LogP contribution in [-0.4, -0.2) is 30.2 Å². The highest BCUT2D eigenvalue weighted by molar-refractivity contribution is 5.73. The Morgan fingerprint density at radius 2 is 1.75 bits per heavy atom. The van der Waals surface area contributed by atoms with Crippen LogP contribution >= 0.6 is 0 Å². The van der Waals surface area contributed by atoms with E-state index in [4.69, 9.17) is 5.11 Å². The summed E-state index contributed by atoms with van der Waals surface area (Å²) in [5.74, 6) is 0.718. The molecule has 5 nitrogen and oxygen atoms in total. The number of amides is 2. The number of nitrogens with one attached hydrogen (secondary N) is 2. The van der Waals surface area contributed by atoms with Crippen LogP contribution in [0.2, 0.25) is 0 Å². The molecule has 0 spiro atoms. The van der Waals surface area contributed by atoms with E-state index in [1.807, 2.05) is 0 Å². The number of carbonyl (C=O) groups is 2. The molecule has 2 amide bonds. The van der Waals surface area contributed by atoms with E-state index in [1.165, 1.54) is 25.7 Å². The molecule has 1 saturated carbocycles. The minimum atomic E-state index is -0.752. The number of urea groups is 1. The monoisotopic (exact) mass is 284 g/mol. The van der Waals surface area contributed by atoms with Crippen molar-refractivity contribution in [2.75, 3.05) is 13.1 Å². The minimum Gasteiger partial charge on any atom is -0.481 e. The lowest BCUT2D eigenvalue weighted by molar-refractivity contribution is -0.137. The molecule has 0 aromatic rings. The molecule has 1 fully saturated rings. The van der Waals surface area contributed by atoms with Crippen molar-refractivity contribution in [2.45, 2.75) is 58.3 Å². The fourth-order valence-electron chi connectivity index (χ4n) is 2.61. The third-order valence-corrected chi connectivity index (χ3v) is 4.04. The largest absolute Gasteiger partial charge is 0.481 e. The van der Waals surface area contributed by atoms with Crippen LogP contribution < -0.4 is 10.6 Å². The highest BCUT2D eigenvalue weighted by Gasteiger charge is 2.18. The third-order valence-electron chi connectivity index (χ3n) is 4.04. The molecule has 0 bridgehead atoms. The Balaban J connectivity index is 1.94. The van der Waals surface area contributed by atoms with E-state index < -0.39 is 5.97 Å². The number of carboxylic acids is 1. The number of aliphatic carboxylic acids is 1. The van der Waals surface area contributed by atoms with Gasteiger partial charge in [0, 0.05) is 19.5 Å². The van der Waals surface area contributed by atoms with Crippen molar-refractivity contribution in [1.82, 2.24) is 10.6 Å². The summed E-state index contributed by atoms with van der Waals surface area (Å²) in [5, 5.41) is 14.2. The van der Waals surface area contributed by atoms with Crippen LogP contribution in [0.3, 0.4) is 0 Å². The third kappa shape index (κ3) is 8.02. The van der Waals surface area contributed by atoms with Crippen molar-refractivity contribution in [3.63, 3.8) is 0 Å². The lowest BCUT2D eigenvalue weighted by Gasteiger charge is -2.26. The maximum absolute atomic E-state index is 11.6. The van der Waals surface area contributed by atoms with Gasteiger partial charge in [0.1, 0.15) is 0 Å². The highest BCUT2D eigenvalue weighted by atomic mass is 16.4. The number of rotatable bonds is 8. The summed E-state index contributed by atoms with van der Waals surface area (Å²) in [6.07, 6.45) is 7.56. The summed E-state index contributed by atoms with van der Waals surface area (Å²) in [4.78, 5) is 21.9. The molecular weight excluding hydrogens is 256 g/mol. The molecule has 0 aromatic heterocycles. The quantitative estimate of drug-likeness (QED) is 0.600. The number of carboxylic acid groups (broad SMARTS) is 1. The molecule has 0 heterocycles. The average Bonchev–Trinajstić information content (AvgIpc) is 2.41. The summed E-state index contributed by atoms with van der Waals surface area (Å²) in [6.45, 7) is 3.69. The van der Waals surface area contributed by atoms with E-state index in [0.717, 1.165) is 25.3 Å².